The van der Waals surface area contributed by atoms with Crippen LogP contribution in [0.4, 0.5) is 0 Å². The largest absolute Gasteiger partial charge is 0.493 e. The van der Waals surface area contributed by atoms with E-state index >= 15 is 0 Å². The molecule has 3 aliphatic rings. The van der Waals surface area contributed by atoms with Crippen LogP contribution in [-0.2, 0) is 28.5 Å². The van der Waals surface area contributed by atoms with Crippen molar-refractivity contribution in [2.45, 2.75) is 89.5 Å². The van der Waals surface area contributed by atoms with E-state index in [1.54, 1.807) is 20.3 Å². The molecule has 8 nitrogen and oxygen atoms in total. The van der Waals surface area contributed by atoms with Crippen LogP contribution in [0, 0.1) is 5.92 Å². The van der Waals surface area contributed by atoms with E-state index < -0.39 is 5.97 Å². The van der Waals surface area contributed by atoms with E-state index in [2.05, 4.69) is 26.8 Å². The Labute approximate surface area is 232 Å². The average molecular weight is 545 g/mol. The van der Waals surface area contributed by atoms with Gasteiger partial charge in [0.05, 0.1) is 38.4 Å². The van der Waals surface area contributed by atoms with Gasteiger partial charge in [-0.1, -0.05) is 17.7 Å². The Kier molecular flexibility index (Phi) is 9.42. The summed E-state index contributed by atoms with van der Waals surface area (Å²) in [4.78, 5) is 12.9. The number of benzene rings is 1. The van der Waals surface area contributed by atoms with Gasteiger partial charge in [-0.15, -0.1) is 0 Å². The molecular formula is C31H44O8. The predicted molar refractivity (Wildman–Crippen MR) is 148 cm³/mol. The minimum atomic E-state index is -0.417. The van der Waals surface area contributed by atoms with Gasteiger partial charge in [0.1, 0.15) is 30.0 Å². The van der Waals surface area contributed by atoms with Crippen LogP contribution in [0.3, 0.4) is 0 Å². The molecular weight excluding hydrogens is 500 g/mol. The second-order valence-electron chi connectivity index (χ2n) is 11.4. The van der Waals surface area contributed by atoms with E-state index in [9.17, 15) is 4.79 Å². The van der Waals surface area contributed by atoms with Gasteiger partial charge in [-0.3, -0.25) is 0 Å². The SMILES string of the molecule is COc1ccc(/C=C/C(=O)O[C@@H]2CC[C@]3(CO3)[C@@H](C3(C)O[C@H]3CC=C(C)C)[C@@H]2OC)cc1OCCOC(C)C. The highest BCUT2D eigenvalue weighted by Gasteiger charge is 2.72. The number of methoxy groups -OCH3 is 2. The van der Waals surface area contributed by atoms with Crippen molar-refractivity contribution in [3.05, 3.63) is 41.5 Å². The van der Waals surface area contributed by atoms with Crippen LogP contribution in [0.1, 0.15) is 59.4 Å². The van der Waals surface area contributed by atoms with Crippen LogP contribution in [0.15, 0.2) is 35.9 Å². The Hall–Kier alpha value is -2.39. The van der Waals surface area contributed by atoms with E-state index in [4.69, 9.17) is 33.2 Å². The van der Waals surface area contributed by atoms with Crippen molar-refractivity contribution in [3.63, 3.8) is 0 Å². The molecule has 0 N–H and O–H groups in total. The summed E-state index contributed by atoms with van der Waals surface area (Å²) in [5.41, 5.74) is 1.44. The summed E-state index contributed by atoms with van der Waals surface area (Å²) < 4.78 is 41.0. The topological polar surface area (TPSA) is 88.3 Å². The molecule has 1 saturated carbocycles. The molecule has 39 heavy (non-hydrogen) atoms. The van der Waals surface area contributed by atoms with Gasteiger partial charge in [0.2, 0.25) is 0 Å². The molecule has 1 unspecified atom stereocenters. The molecule has 3 fully saturated rings. The molecule has 0 radical (unpaired) electrons. The minimum absolute atomic E-state index is 0.0120. The monoisotopic (exact) mass is 544 g/mol. The van der Waals surface area contributed by atoms with E-state index in [0.717, 1.165) is 18.4 Å². The highest BCUT2D eigenvalue weighted by Crippen LogP contribution is 2.59. The number of carbonyl (C=O) groups excluding carboxylic acids is 1. The van der Waals surface area contributed by atoms with Gasteiger partial charge in [0.15, 0.2) is 11.5 Å². The first kappa shape index (κ1) is 29.6. The van der Waals surface area contributed by atoms with Gasteiger partial charge in [0.25, 0.3) is 0 Å². The Morgan fingerprint density at radius 2 is 1.95 bits per heavy atom. The van der Waals surface area contributed by atoms with Crippen LogP contribution in [0.25, 0.3) is 6.08 Å². The van der Waals surface area contributed by atoms with Gasteiger partial charge in [-0.2, -0.15) is 0 Å². The van der Waals surface area contributed by atoms with Gasteiger partial charge in [-0.25, -0.2) is 4.79 Å². The predicted octanol–water partition coefficient (Wildman–Crippen LogP) is 5.13. The lowest BCUT2D eigenvalue weighted by Gasteiger charge is -2.42. The second-order valence-corrected chi connectivity index (χ2v) is 11.4. The molecule has 0 bridgehead atoms. The van der Waals surface area contributed by atoms with Gasteiger partial charge in [0, 0.05) is 13.2 Å². The summed E-state index contributed by atoms with van der Waals surface area (Å²) >= 11 is 0. The first-order valence-electron chi connectivity index (χ1n) is 13.9. The van der Waals surface area contributed by atoms with Crippen molar-refractivity contribution in [1.82, 2.24) is 0 Å². The average Bonchev–Trinajstić information content (AvgIpc) is 3.82. The molecule has 2 aliphatic heterocycles. The van der Waals surface area contributed by atoms with Crippen molar-refractivity contribution in [1.29, 1.82) is 0 Å². The normalized spacial score (nSPS) is 31.4. The molecule has 4 rings (SSSR count). The Balaban J connectivity index is 1.39. The number of epoxide rings is 2. The molecule has 0 amide bonds. The van der Waals surface area contributed by atoms with Crippen molar-refractivity contribution < 1.29 is 38.0 Å². The van der Waals surface area contributed by atoms with E-state index in [-0.39, 0.29) is 41.5 Å². The zero-order valence-electron chi connectivity index (χ0n) is 24.4. The van der Waals surface area contributed by atoms with Crippen LogP contribution in [0.5, 0.6) is 11.5 Å². The standard InChI is InChI=1S/C31H44O8/c1-20(2)8-12-26-30(5,39-26)29-28(34-7)24(14-15-31(29)19-37-31)38-27(32)13-10-22-9-11-23(33-6)25(18-22)36-17-16-35-21(3)4/h8-11,13,18,21,24,26,28-29H,12,14-17,19H2,1-7H3/b13-10+/t24-,26+,28-,29-,30?,31+/m1/s1. The smallest absolute Gasteiger partial charge is 0.331 e. The maximum atomic E-state index is 12.9. The molecule has 2 saturated heterocycles. The van der Waals surface area contributed by atoms with Crippen LogP contribution in [0.2, 0.25) is 0 Å². The number of esters is 1. The lowest BCUT2D eigenvalue weighted by atomic mass is 9.68. The maximum Gasteiger partial charge on any atom is 0.331 e. The van der Waals surface area contributed by atoms with E-state index in [0.29, 0.717) is 37.7 Å². The molecule has 0 aromatic heterocycles. The lowest BCUT2D eigenvalue weighted by molar-refractivity contribution is -0.166. The number of carbonyl (C=O) groups is 1. The summed E-state index contributed by atoms with van der Waals surface area (Å²) in [7, 11) is 3.27. The highest BCUT2D eigenvalue weighted by atomic mass is 16.6. The quantitative estimate of drug-likeness (QED) is 0.111. The Morgan fingerprint density at radius 1 is 1.18 bits per heavy atom. The van der Waals surface area contributed by atoms with Crippen molar-refractivity contribution in [2.75, 3.05) is 34.0 Å². The van der Waals surface area contributed by atoms with Crippen molar-refractivity contribution in [3.8, 4) is 11.5 Å². The van der Waals surface area contributed by atoms with Crippen molar-refractivity contribution >= 4 is 12.0 Å². The fourth-order valence-electron chi connectivity index (χ4n) is 5.77. The lowest BCUT2D eigenvalue weighted by Crippen LogP contribution is -2.55. The Bertz CT molecular complexity index is 1050. The van der Waals surface area contributed by atoms with E-state index in [1.165, 1.54) is 11.6 Å². The summed E-state index contributed by atoms with van der Waals surface area (Å²) in [6.07, 6.45) is 7.27. The number of hydrogen-bond acceptors (Lipinski definition) is 8. The molecule has 2 heterocycles. The highest BCUT2D eigenvalue weighted by molar-refractivity contribution is 5.87. The fourth-order valence-corrected chi connectivity index (χ4v) is 5.77. The maximum absolute atomic E-state index is 12.9. The van der Waals surface area contributed by atoms with Gasteiger partial charge in [-0.05, 0) is 77.7 Å². The third kappa shape index (κ3) is 7.04. The first-order valence-corrected chi connectivity index (χ1v) is 13.9. The minimum Gasteiger partial charge on any atom is -0.493 e. The zero-order valence-corrected chi connectivity index (χ0v) is 24.4. The molecule has 1 spiro atoms. The van der Waals surface area contributed by atoms with Crippen LogP contribution >= 0.6 is 0 Å². The Morgan fingerprint density at radius 3 is 2.59 bits per heavy atom. The molecule has 1 aromatic carbocycles. The second kappa shape index (κ2) is 12.4. The molecule has 1 aliphatic carbocycles. The van der Waals surface area contributed by atoms with Crippen LogP contribution in [-0.4, -0.2) is 75.6 Å². The summed E-state index contributed by atoms with van der Waals surface area (Å²) in [6.45, 7) is 11.8. The third-order valence-corrected chi connectivity index (χ3v) is 7.90. The van der Waals surface area contributed by atoms with E-state index in [1.807, 2.05) is 32.0 Å². The van der Waals surface area contributed by atoms with Crippen molar-refractivity contribution in [2.24, 2.45) is 5.92 Å². The number of allylic oxidation sites excluding steroid dienone is 1. The summed E-state index contributed by atoms with van der Waals surface area (Å²) in [6, 6.07) is 5.51. The number of hydrogen-bond donors (Lipinski definition) is 0. The number of rotatable bonds is 13. The summed E-state index contributed by atoms with van der Waals surface area (Å²) in [5, 5.41) is 0. The third-order valence-electron chi connectivity index (χ3n) is 7.90. The molecule has 8 heteroatoms. The van der Waals surface area contributed by atoms with Crippen LogP contribution < -0.4 is 9.47 Å². The molecule has 6 atom stereocenters. The molecule has 1 aromatic rings. The summed E-state index contributed by atoms with van der Waals surface area (Å²) in [5.74, 6) is 0.775. The number of ether oxygens (including phenoxy) is 7. The molecule has 216 valence electrons. The van der Waals surface area contributed by atoms with Gasteiger partial charge < -0.3 is 33.2 Å². The van der Waals surface area contributed by atoms with Gasteiger partial charge >= 0.3 is 5.97 Å². The fraction of sp³-hybridized carbons (Fsp3) is 0.645. The first-order chi connectivity index (χ1) is 18.6. The zero-order chi connectivity index (χ0) is 28.2.